The Hall–Kier alpha value is -1.54. The number of rotatable bonds is 5. The molecule has 1 aromatic carbocycles. The average Bonchev–Trinajstić information content (AvgIpc) is 2.39. The molecule has 18 heavy (non-hydrogen) atoms. The van der Waals surface area contributed by atoms with E-state index in [1.54, 1.807) is 12.1 Å². The molecule has 7 nitrogen and oxygen atoms in total. The number of hydrogen-bond donors (Lipinski definition) is 2. The molecule has 1 aliphatic heterocycles. The lowest BCUT2D eigenvalue weighted by Gasteiger charge is -2.33. The van der Waals surface area contributed by atoms with Crippen LogP contribution < -0.4 is 16.4 Å². The highest BCUT2D eigenvalue weighted by Crippen LogP contribution is 2.13. The number of aliphatic hydroxyl groups excluding tert-OH is 1. The van der Waals surface area contributed by atoms with Gasteiger partial charge in [0.2, 0.25) is 0 Å². The summed E-state index contributed by atoms with van der Waals surface area (Å²) in [5.41, 5.74) is 5.96. The fraction of sp³-hybridized carbons (Fsp3) is 0.455. The number of nitrogens with zero attached hydrogens (tertiary/aromatic N) is 3. The fourth-order valence-corrected chi connectivity index (χ4v) is 1.49. The molecule has 98 valence electrons. The van der Waals surface area contributed by atoms with E-state index in [2.05, 4.69) is 10.1 Å². The van der Waals surface area contributed by atoms with Crippen LogP contribution in [0.5, 0.6) is 0 Å². The van der Waals surface area contributed by atoms with Crippen molar-refractivity contribution >= 4 is 0 Å². The van der Waals surface area contributed by atoms with Gasteiger partial charge in [-0.25, -0.2) is 4.99 Å². The van der Waals surface area contributed by atoms with Crippen LogP contribution in [0.4, 0.5) is 0 Å². The zero-order chi connectivity index (χ0) is 13.0. The van der Waals surface area contributed by atoms with Gasteiger partial charge in [0.15, 0.2) is 0 Å². The van der Waals surface area contributed by atoms with E-state index in [9.17, 15) is 0 Å². The summed E-state index contributed by atoms with van der Waals surface area (Å²) < 4.78 is 5.13. The van der Waals surface area contributed by atoms with Gasteiger partial charge >= 0.3 is 5.97 Å². The summed E-state index contributed by atoms with van der Waals surface area (Å²) in [6.45, 7) is 0.312. The first-order valence-corrected chi connectivity index (χ1v) is 5.61. The average molecular weight is 252 g/mol. The van der Waals surface area contributed by atoms with Crippen molar-refractivity contribution in [3.63, 3.8) is 0 Å². The third kappa shape index (κ3) is 2.49. The largest absolute Gasteiger partial charge is 0.396 e. The molecule has 1 heterocycles. The van der Waals surface area contributed by atoms with Crippen molar-refractivity contribution in [3.8, 4) is 0 Å². The molecule has 1 atom stereocenters. The molecule has 0 radical (unpaired) electrons. The first-order valence-electron chi connectivity index (χ1n) is 5.61. The maximum atomic E-state index is 8.73. The molecule has 0 saturated carbocycles. The number of benzene rings is 1. The van der Waals surface area contributed by atoms with Crippen molar-refractivity contribution < 1.29 is 14.7 Å². The Kier molecular flexibility index (Phi) is 3.87. The molecule has 0 fully saturated rings. The topological polar surface area (TPSA) is 92.7 Å². The first-order chi connectivity index (χ1) is 8.69. The number of para-hydroxylation sites is 1. The lowest BCUT2D eigenvalue weighted by Crippen LogP contribution is -2.59. The number of fused-ring (bicyclic) bond motifs is 1. The Morgan fingerprint density at radius 2 is 2.11 bits per heavy atom. The standard InChI is InChI=1S/C11H16N4O3/c1-17-11(12)13-9-5-2-3-6-10(9)14-15(11)18-8-4-7-16/h2-3,5-6,16H,4,7-8,12H2,1H3. The van der Waals surface area contributed by atoms with Crippen LogP contribution >= 0.6 is 0 Å². The summed E-state index contributed by atoms with van der Waals surface area (Å²) >= 11 is 0. The minimum Gasteiger partial charge on any atom is -0.396 e. The molecule has 0 bridgehead atoms. The number of hydrogen-bond acceptors (Lipinski definition) is 7. The Bertz CT molecular complexity index is 521. The molecule has 0 aromatic heterocycles. The van der Waals surface area contributed by atoms with E-state index >= 15 is 0 Å². The molecule has 1 aliphatic rings. The molecule has 0 spiro atoms. The van der Waals surface area contributed by atoms with E-state index in [0.717, 1.165) is 5.17 Å². The number of nitrogens with two attached hydrogens (primary N) is 1. The fourth-order valence-electron chi connectivity index (χ4n) is 1.49. The van der Waals surface area contributed by atoms with Crippen LogP contribution in [0.2, 0.25) is 0 Å². The zero-order valence-electron chi connectivity index (χ0n) is 10.1. The van der Waals surface area contributed by atoms with E-state index in [-0.39, 0.29) is 13.2 Å². The van der Waals surface area contributed by atoms with Crippen molar-refractivity contribution in [3.05, 3.63) is 35.0 Å². The normalized spacial score (nSPS) is 22.1. The minimum absolute atomic E-state index is 0.0339. The Balaban J connectivity index is 2.31. The summed E-state index contributed by atoms with van der Waals surface area (Å²) in [4.78, 5) is 9.61. The first kappa shape index (κ1) is 12.9. The second-order valence-electron chi connectivity index (χ2n) is 3.75. The van der Waals surface area contributed by atoms with Gasteiger partial charge in [-0.15, -0.1) is 10.3 Å². The predicted molar refractivity (Wildman–Crippen MR) is 62.2 cm³/mol. The maximum absolute atomic E-state index is 8.73. The maximum Gasteiger partial charge on any atom is 0.340 e. The third-order valence-electron chi connectivity index (χ3n) is 2.45. The highest BCUT2D eigenvalue weighted by molar-refractivity contribution is 5.02. The number of methoxy groups -OCH3 is 1. The van der Waals surface area contributed by atoms with Crippen molar-refractivity contribution in [1.82, 2.24) is 5.17 Å². The van der Waals surface area contributed by atoms with Gasteiger partial charge in [-0.05, 0) is 18.6 Å². The lowest BCUT2D eigenvalue weighted by atomic mass is 10.3. The highest BCUT2D eigenvalue weighted by Gasteiger charge is 2.35. The van der Waals surface area contributed by atoms with Gasteiger partial charge in [-0.1, -0.05) is 12.1 Å². The number of ether oxygens (including phenoxy) is 1. The van der Waals surface area contributed by atoms with Crippen molar-refractivity contribution in [1.29, 1.82) is 0 Å². The van der Waals surface area contributed by atoms with Crippen LogP contribution in [0.3, 0.4) is 0 Å². The van der Waals surface area contributed by atoms with Gasteiger partial charge < -0.3 is 9.84 Å². The smallest absolute Gasteiger partial charge is 0.340 e. The van der Waals surface area contributed by atoms with E-state index in [4.69, 9.17) is 20.4 Å². The van der Waals surface area contributed by atoms with Crippen LogP contribution in [0.15, 0.2) is 34.4 Å². The summed E-state index contributed by atoms with van der Waals surface area (Å²) in [6, 6.07) is 7.29. The summed E-state index contributed by atoms with van der Waals surface area (Å²) in [7, 11) is 1.43. The van der Waals surface area contributed by atoms with Crippen molar-refractivity contribution in [2.24, 2.45) is 15.8 Å². The highest BCUT2D eigenvalue weighted by atomic mass is 16.8. The Morgan fingerprint density at radius 3 is 2.78 bits per heavy atom. The van der Waals surface area contributed by atoms with Gasteiger partial charge in [0.25, 0.3) is 0 Å². The second kappa shape index (κ2) is 5.40. The lowest BCUT2D eigenvalue weighted by molar-refractivity contribution is -0.305. The van der Waals surface area contributed by atoms with Crippen LogP contribution in [0, 0.1) is 0 Å². The molecule has 3 N–H and O–H groups in total. The summed E-state index contributed by atoms with van der Waals surface area (Å²) in [5.74, 6) is -1.48. The summed E-state index contributed by atoms with van der Waals surface area (Å²) in [5, 5.41) is 15.4. The van der Waals surface area contributed by atoms with E-state index in [1.807, 2.05) is 12.1 Å². The van der Waals surface area contributed by atoms with Gasteiger partial charge in [-0.3, -0.25) is 10.6 Å². The molecular weight excluding hydrogens is 236 g/mol. The van der Waals surface area contributed by atoms with Gasteiger partial charge in [0.05, 0.1) is 12.0 Å². The molecular formula is C11H16N4O3. The van der Waals surface area contributed by atoms with Gasteiger partial charge in [0.1, 0.15) is 5.36 Å². The Labute approximate surface area is 104 Å². The Morgan fingerprint density at radius 1 is 1.39 bits per heavy atom. The van der Waals surface area contributed by atoms with Crippen LogP contribution in [0.1, 0.15) is 6.42 Å². The zero-order valence-corrected chi connectivity index (χ0v) is 10.1. The SMILES string of the molecule is COC1(N)N=c2ccccc2=NN1OCCCO. The van der Waals surface area contributed by atoms with E-state index in [0.29, 0.717) is 17.1 Å². The summed E-state index contributed by atoms with van der Waals surface area (Å²) in [6.07, 6.45) is 0.480. The molecule has 0 amide bonds. The predicted octanol–water partition coefficient (Wildman–Crippen LogP) is -1.31. The van der Waals surface area contributed by atoms with E-state index in [1.165, 1.54) is 7.11 Å². The molecule has 0 aliphatic carbocycles. The molecule has 7 heteroatoms. The van der Waals surface area contributed by atoms with E-state index < -0.39 is 5.97 Å². The van der Waals surface area contributed by atoms with Gasteiger partial charge in [0, 0.05) is 13.7 Å². The second-order valence-corrected chi connectivity index (χ2v) is 3.75. The van der Waals surface area contributed by atoms with Gasteiger partial charge in [-0.2, -0.15) is 0 Å². The molecule has 0 saturated heterocycles. The molecule has 2 rings (SSSR count). The van der Waals surface area contributed by atoms with Crippen LogP contribution in [-0.4, -0.2) is 36.6 Å². The monoisotopic (exact) mass is 252 g/mol. The third-order valence-corrected chi connectivity index (χ3v) is 2.45. The van der Waals surface area contributed by atoms with Crippen molar-refractivity contribution in [2.45, 2.75) is 12.4 Å². The van der Waals surface area contributed by atoms with Crippen LogP contribution in [-0.2, 0) is 9.57 Å². The number of aliphatic hydroxyl groups is 1. The molecule has 1 aromatic rings. The molecule has 1 unspecified atom stereocenters. The number of hydroxylamine groups is 1. The van der Waals surface area contributed by atoms with Crippen molar-refractivity contribution in [2.75, 3.05) is 20.3 Å². The quantitative estimate of drug-likeness (QED) is 0.501. The minimum atomic E-state index is -1.48. The van der Waals surface area contributed by atoms with Crippen LogP contribution in [0.25, 0.3) is 0 Å².